The van der Waals surface area contributed by atoms with Crippen LogP contribution in [0.5, 0.6) is 0 Å². The second kappa shape index (κ2) is 5.66. The van der Waals surface area contributed by atoms with Gasteiger partial charge in [0.2, 0.25) is 0 Å². The highest BCUT2D eigenvalue weighted by atomic mass is 79.9. The molecule has 0 N–H and O–H groups in total. The van der Waals surface area contributed by atoms with Crippen molar-refractivity contribution in [3.63, 3.8) is 0 Å². The highest BCUT2D eigenvalue weighted by Gasteiger charge is 2.10. The van der Waals surface area contributed by atoms with Crippen molar-refractivity contribution >= 4 is 15.9 Å². The van der Waals surface area contributed by atoms with E-state index in [9.17, 15) is 0 Å². The summed E-state index contributed by atoms with van der Waals surface area (Å²) in [5, 5.41) is 0. The van der Waals surface area contributed by atoms with Gasteiger partial charge in [-0.25, -0.2) is 0 Å². The number of nitrogens with zero attached hydrogens (tertiary/aromatic N) is 1. The molecule has 1 heterocycles. The monoisotopic (exact) mass is 303 g/mol. The number of halogens is 1. The molecule has 0 spiro atoms. The maximum Gasteiger partial charge on any atom is 0.0450 e. The van der Waals surface area contributed by atoms with Crippen LogP contribution in [-0.2, 0) is 6.42 Å². The Bertz CT molecular complexity index is 531. The van der Waals surface area contributed by atoms with Crippen LogP contribution < -0.4 is 0 Å². The van der Waals surface area contributed by atoms with Crippen molar-refractivity contribution in [2.24, 2.45) is 0 Å². The van der Waals surface area contributed by atoms with E-state index in [1.807, 2.05) is 6.20 Å². The van der Waals surface area contributed by atoms with Crippen molar-refractivity contribution in [3.05, 3.63) is 64.5 Å². The fraction of sp³-hybridized carbons (Fsp3) is 0.312. The Kier molecular flexibility index (Phi) is 4.18. The average Bonchev–Trinajstić information content (AvgIpc) is 2.35. The highest BCUT2D eigenvalue weighted by Crippen LogP contribution is 2.27. The molecule has 0 aliphatic rings. The van der Waals surface area contributed by atoms with E-state index in [0.717, 1.165) is 12.1 Å². The second-order valence-electron chi connectivity index (χ2n) is 4.84. The van der Waals surface area contributed by atoms with Crippen molar-refractivity contribution in [3.8, 4) is 0 Å². The molecule has 2 rings (SSSR count). The van der Waals surface area contributed by atoms with Crippen molar-refractivity contribution in [2.45, 2.75) is 32.0 Å². The molecule has 1 atom stereocenters. The van der Waals surface area contributed by atoms with Gasteiger partial charge in [0.25, 0.3) is 0 Å². The lowest BCUT2D eigenvalue weighted by atomic mass is 10.0. The Morgan fingerprint density at radius 2 is 1.83 bits per heavy atom. The smallest absolute Gasteiger partial charge is 0.0450 e. The van der Waals surface area contributed by atoms with E-state index < -0.39 is 0 Å². The summed E-state index contributed by atoms with van der Waals surface area (Å²) in [6, 6.07) is 10.8. The van der Waals surface area contributed by atoms with Crippen molar-refractivity contribution in [1.82, 2.24) is 4.98 Å². The zero-order chi connectivity index (χ0) is 13.1. The Morgan fingerprint density at radius 1 is 1.06 bits per heavy atom. The molecule has 2 heteroatoms. The molecule has 94 valence electrons. The minimum Gasteiger partial charge on any atom is -0.261 e. The molecule has 0 radical (unpaired) electrons. The van der Waals surface area contributed by atoms with Gasteiger partial charge in [0, 0.05) is 23.1 Å². The maximum absolute atomic E-state index is 4.45. The minimum atomic E-state index is 0.326. The van der Waals surface area contributed by atoms with Gasteiger partial charge in [0.05, 0.1) is 0 Å². The van der Waals surface area contributed by atoms with Gasteiger partial charge in [-0.05, 0) is 49.1 Å². The first-order chi connectivity index (χ1) is 8.56. The molecule has 2 aromatic rings. The fourth-order valence-corrected chi connectivity index (χ4v) is 2.50. The predicted octanol–water partition coefficient (Wildman–Crippen LogP) is 4.69. The van der Waals surface area contributed by atoms with E-state index in [1.165, 1.54) is 22.3 Å². The molecule has 0 saturated heterocycles. The largest absolute Gasteiger partial charge is 0.261 e. The van der Waals surface area contributed by atoms with Crippen LogP contribution in [0.3, 0.4) is 0 Å². The summed E-state index contributed by atoms with van der Waals surface area (Å²) >= 11 is 3.76. The summed E-state index contributed by atoms with van der Waals surface area (Å²) in [4.78, 5) is 4.78. The standard InChI is InChI=1S/C16H18BrN/c1-11-4-7-15(18-10-11)9-16(17)14-6-5-12(2)13(3)8-14/h4-8,10,16H,9H2,1-3H3. The van der Waals surface area contributed by atoms with Gasteiger partial charge in [0.15, 0.2) is 0 Å². The van der Waals surface area contributed by atoms with Crippen LogP contribution in [-0.4, -0.2) is 4.98 Å². The Labute approximate surface area is 117 Å². The first kappa shape index (κ1) is 13.3. The third kappa shape index (κ3) is 3.20. The topological polar surface area (TPSA) is 12.9 Å². The van der Waals surface area contributed by atoms with Gasteiger partial charge >= 0.3 is 0 Å². The summed E-state index contributed by atoms with van der Waals surface area (Å²) in [5.41, 5.74) is 6.33. The van der Waals surface area contributed by atoms with Gasteiger partial charge in [-0.3, -0.25) is 4.98 Å². The van der Waals surface area contributed by atoms with Crippen LogP contribution in [0.25, 0.3) is 0 Å². The SMILES string of the molecule is Cc1ccc(CC(Br)c2ccc(C)c(C)c2)nc1. The predicted molar refractivity (Wildman–Crippen MR) is 80.3 cm³/mol. The van der Waals surface area contributed by atoms with E-state index in [2.05, 4.69) is 72.0 Å². The summed E-state index contributed by atoms with van der Waals surface area (Å²) < 4.78 is 0. The average molecular weight is 304 g/mol. The van der Waals surface area contributed by atoms with Crippen LogP contribution in [0.4, 0.5) is 0 Å². The van der Waals surface area contributed by atoms with Crippen LogP contribution in [0.2, 0.25) is 0 Å². The van der Waals surface area contributed by atoms with Crippen LogP contribution in [0.15, 0.2) is 36.5 Å². The third-order valence-corrected chi connectivity index (χ3v) is 4.11. The lowest BCUT2D eigenvalue weighted by Crippen LogP contribution is -1.98. The normalized spacial score (nSPS) is 12.4. The molecule has 0 saturated carbocycles. The number of aromatic nitrogens is 1. The minimum absolute atomic E-state index is 0.326. The quantitative estimate of drug-likeness (QED) is 0.750. The molecular formula is C16H18BrN. The van der Waals surface area contributed by atoms with E-state index in [-0.39, 0.29) is 0 Å². The van der Waals surface area contributed by atoms with Crippen LogP contribution in [0, 0.1) is 20.8 Å². The van der Waals surface area contributed by atoms with Crippen LogP contribution in [0.1, 0.15) is 32.8 Å². The lowest BCUT2D eigenvalue weighted by molar-refractivity contribution is 0.900. The number of benzene rings is 1. The molecule has 18 heavy (non-hydrogen) atoms. The van der Waals surface area contributed by atoms with E-state index in [0.29, 0.717) is 4.83 Å². The number of hydrogen-bond donors (Lipinski definition) is 0. The molecule has 1 nitrogen and oxygen atoms in total. The van der Waals surface area contributed by atoms with E-state index in [1.54, 1.807) is 0 Å². The molecule has 0 fully saturated rings. The molecule has 0 aliphatic carbocycles. The maximum atomic E-state index is 4.45. The molecule has 0 bridgehead atoms. The van der Waals surface area contributed by atoms with Gasteiger partial charge in [-0.2, -0.15) is 0 Å². The number of hydrogen-bond acceptors (Lipinski definition) is 1. The summed E-state index contributed by atoms with van der Waals surface area (Å²) in [5.74, 6) is 0. The molecule has 1 unspecified atom stereocenters. The summed E-state index contributed by atoms with van der Waals surface area (Å²) in [7, 11) is 0. The Balaban J connectivity index is 2.13. The Hall–Kier alpha value is -1.15. The van der Waals surface area contributed by atoms with Crippen molar-refractivity contribution in [2.75, 3.05) is 0 Å². The summed E-state index contributed by atoms with van der Waals surface area (Å²) in [6.45, 7) is 6.36. The molecule has 0 amide bonds. The highest BCUT2D eigenvalue weighted by molar-refractivity contribution is 9.09. The zero-order valence-corrected chi connectivity index (χ0v) is 12.7. The Morgan fingerprint density at radius 3 is 2.44 bits per heavy atom. The van der Waals surface area contributed by atoms with Gasteiger partial charge < -0.3 is 0 Å². The van der Waals surface area contributed by atoms with Gasteiger partial charge in [0.1, 0.15) is 0 Å². The fourth-order valence-electron chi connectivity index (χ4n) is 1.88. The number of aryl methyl sites for hydroxylation is 3. The van der Waals surface area contributed by atoms with Gasteiger partial charge in [-0.1, -0.05) is 40.2 Å². The van der Waals surface area contributed by atoms with E-state index in [4.69, 9.17) is 0 Å². The first-order valence-electron chi connectivity index (χ1n) is 6.19. The summed E-state index contributed by atoms with van der Waals surface area (Å²) in [6.07, 6.45) is 2.85. The second-order valence-corrected chi connectivity index (χ2v) is 5.95. The van der Waals surface area contributed by atoms with Crippen molar-refractivity contribution in [1.29, 1.82) is 0 Å². The lowest BCUT2D eigenvalue weighted by Gasteiger charge is -2.12. The van der Waals surface area contributed by atoms with Gasteiger partial charge in [-0.15, -0.1) is 0 Å². The number of rotatable bonds is 3. The number of alkyl halides is 1. The molecular weight excluding hydrogens is 286 g/mol. The van der Waals surface area contributed by atoms with Crippen LogP contribution >= 0.6 is 15.9 Å². The molecule has 1 aromatic heterocycles. The van der Waals surface area contributed by atoms with E-state index >= 15 is 0 Å². The number of pyridine rings is 1. The zero-order valence-electron chi connectivity index (χ0n) is 11.1. The third-order valence-electron chi connectivity index (χ3n) is 3.25. The molecule has 0 aliphatic heterocycles. The first-order valence-corrected chi connectivity index (χ1v) is 7.10. The van der Waals surface area contributed by atoms with Crippen molar-refractivity contribution < 1.29 is 0 Å². The molecule has 1 aromatic carbocycles.